The van der Waals surface area contributed by atoms with Gasteiger partial charge >= 0.3 is 6.36 Å². The lowest BCUT2D eigenvalue weighted by atomic mass is 9.93. The van der Waals surface area contributed by atoms with Crippen LogP contribution in [0.1, 0.15) is 11.1 Å². The number of amides is 1. The van der Waals surface area contributed by atoms with E-state index in [1.54, 1.807) is 13.9 Å². The number of hydrogen-bond donors (Lipinski definition) is 3. The minimum absolute atomic E-state index is 0.0217. The molecule has 0 aliphatic carbocycles. The molecule has 0 radical (unpaired) electrons. The van der Waals surface area contributed by atoms with E-state index in [1.807, 2.05) is 0 Å². The molecule has 0 bridgehead atoms. The number of halogens is 4. The topological polar surface area (TPSA) is 106 Å². The van der Waals surface area contributed by atoms with Crippen LogP contribution in [0.15, 0.2) is 45.9 Å². The van der Waals surface area contributed by atoms with Crippen LogP contribution in [0.25, 0.3) is 0 Å². The Morgan fingerprint density at radius 1 is 1.31 bits per heavy atom. The Morgan fingerprint density at radius 2 is 2.03 bits per heavy atom. The lowest BCUT2D eigenvalue weighted by molar-refractivity contribution is -0.274. The van der Waals surface area contributed by atoms with Crippen molar-refractivity contribution < 1.29 is 32.6 Å². The molecule has 154 valence electrons. The van der Waals surface area contributed by atoms with Gasteiger partial charge in [-0.15, -0.1) is 13.2 Å². The summed E-state index contributed by atoms with van der Waals surface area (Å²) in [5.41, 5.74) is 1.40. The molecule has 29 heavy (non-hydrogen) atoms. The van der Waals surface area contributed by atoms with E-state index in [-0.39, 0.29) is 30.5 Å². The largest absolute Gasteiger partial charge is 0.573 e. The number of phenolic OH excluding ortho intramolecular Hbond substituents is 1. The lowest BCUT2D eigenvalue weighted by Gasteiger charge is -2.10. The zero-order valence-corrected chi connectivity index (χ0v) is 16.7. The van der Waals surface area contributed by atoms with Gasteiger partial charge in [-0.2, -0.15) is 5.90 Å². The first-order valence-corrected chi connectivity index (χ1v) is 8.90. The SMILES string of the molecule is Bc1cc(/C(=N/CC(=O)NCc2cccc(OC(F)(F)F)c2)ON)cc(Br)c1O. The number of nitrogens with one attached hydrogen (secondary N) is 1. The molecule has 12 heteroatoms. The fourth-order valence-corrected chi connectivity index (χ4v) is 2.87. The Labute approximate surface area is 173 Å². The first kappa shape index (κ1) is 22.6. The normalized spacial score (nSPS) is 11.8. The van der Waals surface area contributed by atoms with Crippen molar-refractivity contribution in [2.45, 2.75) is 12.9 Å². The second kappa shape index (κ2) is 9.66. The second-order valence-corrected chi connectivity index (χ2v) is 6.69. The van der Waals surface area contributed by atoms with Gasteiger partial charge in [-0.3, -0.25) is 4.79 Å². The van der Waals surface area contributed by atoms with Crippen molar-refractivity contribution in [2.24, 2.45) is 10.9 Å². The molecular formula is C17H16BBrF3N3O4. The van der Waals surface area contributed by atoms with E-state index >= 15 is 0 Å². The number of carbonyl (C=O) groups is 1. The van der Waals surface area contributed by atoms with Gasteiger partial charge in [0.05, 0.1) is 4.47 Å². The minimum Gasteiger partial charge on any atom is -0.507 e. The van der Waals surface area contributed by atoms with Gasteiger partial charge in [0.15, 0.2) is 0 Å². The molecule has 0 atom stereocenters. The number of aliphatic imine (C=N–C) groups is 1. The van der Waals surface area contributed by atoms with Crippen LogP contribution in [0.4, 0.5) is 13.2 Å². The van der Waals surface area contributed by atoms with Crippen molar-refractivity contribution in [1.82, 2.24) is 5.32 Å². The highest BCUT2D eigenvalue weighted by Gasteiger charge is 2.31. The summed E-state index contributed by atoms with van der Waals surface area (Å²) in [6, 6.07) is 8.35. The van der Waals surface area contributed by atoms with Crippen LogP contribution in [0.2, 0.25) is 0 Å². The van der Waals surface area contributed by atoms with Crippen LogP contribution in [-0.2, 0) is 16.2 Å². The maximum Gasteiger partial charge on any atom is 0.573 e. The van der Waals surface area contributed by atoms with E-state index in [2.05, 4.69) is 31.0 Å². The fraction of sp³-hybridized carbons (Fsp3) is 0.176. The number of hydrogen-bond acceptors (Lipinski definition) is 6. The quantitative estimate of drug-likeness (QED) is 0.253. The molecule has 0 fully saturated rings. The van der Waals surface area contributed by atoms with Gasteiger partial charge in [-0.05, 0) is 45.2 Å². The maximum absolute atomic E-state index is 12.3. The van der Waals surface area contributed by atoms with Gasteiger partial charge < -0.3 is 20.0 Å². The Morgan fingerprint density at radius 3 is 2.66 bits per heavy atom. The number of nitrogens with zero attached hydrogens (tertiary/aromatic N) is 1. The van der Waals surface area contributed by atoms with Gasteiger partial charge in [0, 0.05) is 12.1 Å². The third-order valence-corrected chi connectivity index (χ3v) is 4.21. The third-order valence-electron chi connectivity index (χ3n) is 3.60. The van der Waals surface area contributed by atoms with Crippen LogP contribution in [-0.4, -0.2) is 37.7 Å². The second-order valence-electron chi connectivity index (χ2n) is 5.83. The number of rotatable bonds is 6. The molecule has 2 aromatic rings. The van der Waals surface area contributed by atoms with E-state index in [0.717, 1.165) is 6.07 Å². The molecule has 0 aliphatic heterocycles. The van der Waals surface area contributed by atoms with E-state index in [4.69, 9.17) is 10.7 Å². The number of nitrogens with two attached hydrogens (primary N) is 1. The molecule has 2 aromatic carbocycles. The molecule has 0 spiro atoms. The molecule has 0 aliphatic rings. The Bertz CT molecular complexity index is 902. The van der Waals surface area contributed by atoms with Crippen molar-refractivity contribution in [2.75, 3.05) is 6.54 Å². The van der Waals surface area contributed by atoms with Gasteiger partial charge in [0.25, 0.3) is 0 Å². The summed E-state index contributed by atoms with van der Waals surface area (Å²) in [6.45, 7) is -0.352. The van der Waals surface area contributed by atoms with Gasteiger partial charge in [-0.25, -0.2) is 4.99 Å². The van der Waals surface area contributed by atoms with Gasteiger partial charge in [-0.1, -0.05) is 18.2 Å². The highest BCUT2D eigenvalue weighted by atomic mass is 79.9. The number of phenols is 1. The van der Waals surface area contributed by atoms with Gasteiger partial charge in [0.1, 0.15) is 25.9 Å². The summed E-state index contributed by atoms with van der Waals surface area (Å²) < 4.78 is 41.0. The smallest absolute Gasteiger partial charge is 0.507 e. The number of aromatic hydroxyl groups is 1. The lowest BCUT2D eigenvalue weighted by Crippen LogP contribution is -2.26. The van der Waals surface area contributed by atoms with Crippen molar-refractivity contribution in [1.29, 1.82) is 0 Å². The molecule has 0 unspecified atom stereocenters. The molecule has 0 saturated heterocycles. The number of ether oxygens (including phenoxy) is 1. The average molecular weight is 474 g/mol. The van der Waals surface area contributed by atoms with E-state index in [9.17, 15) is 23.1 Å². The summed E-state index contributed by atoms with van der Waals surface area (Å²) in [4.78, 5) is 20.7. The first-order valence-electron chi connectivity index (χ1n) is 8.11. The van der Waals surface area contributed by atoms with Gasteiger partial charge in [0.2, 0.25) is 11.8 Å². The molecule has 0 aromatic heterocycles. The summed E-state index contributed by atoms with van der Waals surface area (Å²) in [5.74, 6) is 4.36. The highest BCUT2D eigenvalue weighted by molar-refractivity contribution is 9.10. The molecule has 7 nitrogen and oxygen atoms in total. The zero-order valence-electron chi connectivity index (χ0n) is 15.1. The van der Waals surface area contributed by atoms with E-state index < -0.39 is 12.3 Å². The third kappa shape index (κ3) is 6.98. The minimum atomic E-state index is -4.79. The fourth-order valence-electron chi connectivity index (χ4n) is 2.31. The van der Waals surface area contributed by atoms with Crippen LogP contribution in [0.5, 0.6) is 11.5 Å². The number of carbonyl (C=O) groups excluding carboxylic acids is 1. The van der Waals surface area contributed by atoms with E-state index in [0.29, 0.717) is 21.1 Å². The molecule has 4 N–H and O–H groups in total. The van der Waals surface area contributed by atoms with Crippen LogP contribution in [0, 0.1) is 0 Å². The molecular weight excluding hydrogens is 458 g/mol. The van der Waals surface area contributed by atoms with Crippen LogP contribution < -0.4 is 21.4 Å². The van der Waals surface area contributed by atoms with Crippen LogP contribution >= 0.6 is 15.9 Å². The highest BCUT2D eigenvalue weighted by Crippen LogP contribution is 2.24. The summed E-state index contributed by atoms with van der Waals surface area (Å²) >= 11 is 3.19. The standard InChI is InChI=1S/C17H16BBrF3N3O4/c18-12-5-10(6-13(19)15(12)27)16(29-23)25-8-14(26)24-7-9-2-1-3-11(4-9)28-17(20,21)22/h1-6,27H,7-8,18,23H2,(H,24,26)/b25-16-. The van der Waals surface area contributed by atoms with E-state index in [1.165, 1.54) is 24.3 Å². The first-order chi connectivity index (χ1) is 13.6. The Kier molecular flexibility index (Phi) is 7.51. The van der Waals surface area contributed by atoms with Crippen molar-refractivity contribution in [3.8, 4) is 11.5 Å². The number of alkyl halides is 3. The Hall–Kier alpha value is -2.73. The van der Waals surface area contributed by atoms with Crippen LogP contribution in [0.3, 0.4) is 0 Å². The maximum atomic E-state index is 12.3. The summed E-state index contributed by atoms with van der Waals surface area (Å²) in [5, 5.41) is 12.3. The van der Waals surface area contributed by atoms with Crippen molar-refractivity contribution in [3.63, 3.8) is 0 Å². The van der Waals surface area contributed by atoms with Crippen molar-refractivity contribution in [3.05, 3.63) is 52.0 Å². The van der Waals surface area contributed by atoms with Crippen molar-refractivity contribution >= 4 is 41.0 Å². The monoisotopic (exact) mass is 473 g/mol. The molecule has 0 heterocycles. The zero-order chi connectivity index (χ0) is 21.6. The predicted molar refractivity (Wildman–Crippen MR) is 106 cm³/mol. The summed E-state index contributed by atoms with van der Waals surface area (Å²) in [7, 11) is 1.67. The number of benzene rings is 2. The molecule has 0 saturated carbocycles. The molecule has 1 amide bonds. The molecule has 2 rings (SSSR count). The Balaban J connectivity index is 1.99. The predicted octanol–water partition coefficient (Wildman–Crippen LogP) is 1.26. The summed E-state index contributed by atoms with van der Waals surface area (Å²) in [6.07, 6.45) is -4.79. The average Bonchev–Trinajstić information content (AvgIpc) is 2.63.